The van der Waals surface area contributed by atoms with Crippen molar-refractivity contribution in [1.29, 1.82) is 0 Å². The van der Waals surface area contributed by atoms with E-state index in [1.165, 1.54) is 0 Å². The summed E-state index contributed by atoms with van der Waals surface area (Å²) < 4.78 is 33.3. The molecule has 2 heterocycles. The molecule has 182 valence electrons. The maximum Gasteiger partial charge on any atom is 0.254 e. The van der Waals surface area contributed by atoms with Crippen molar-refractivity contribution in [1.82, 2.24) is 4.90 Å². The summed E-state index contributed by atoms with van der Waals surface area (Å²) in [6.07, 6.45) is 0.686. The minimum absolute atomic E-state index is 0.105. The maximum atomic E-state index is 13.7. The number of fused-ring (bicyclic) bond motifs is 2. The highest BCUT2D eigenvalue weighted by Gasteiger charge is 2.34. The molecule has 0 radical (unpaired) electrons. The number of benzene rings is 3. The first-order valence-electron chi connectivity index (χ1n) is 11.3. The van der Waals surface area contributed by atoms with Crippen molar-refractivity contribution in [2.24, 2.45) is 0 Å². The third-order valence-corrected chi connectivity index (χ3v) is 6.35. The molecule has 8 nitrogen and oxygen atoms in total. The molecule has 0 aliphatic carbocycles. The van der Waals surface area contributed by atoms with Gasteiger partial charge >= 0.3 is 0 Å². The summed E-state index contributed by atoms with van der Waals surface area (Å²) in [5.74, 6) is 3.82. The molecule has 0 saturated heterocycles. The average Bonchev–Trinajstić information content (AvgIpc) is 3.38. The number of ether oxygens (including phenoxy) is 6. The van der Waals surface area contributed by atoms with E-state index in [0.717, 1.165) is 16.9 Å². The van der Waals surface area contributed by atoms with Gasteiger partial charge in [0.05, 0.1) is 27.4 Å². The molecule has 8 heteroatoms. The van der Waals surface area contributed by atoms with Crippen LogP contribution in [0.2, 0.25) is 0 Å². The van der Waals surface area contributed by atoms with Gasteiger partial charge < -0.3 is 33.3 Å². The summed E-state index contributed by atoms with van der Waals surface area (Å²) in [5, 5.41) is 0. The molecule has 35 heavy (non-hydrogen) atoms. The zero-order valence-electron chi connectivity index (χ0n) is 19.9. The Bertz CT molecular complexity index is 1220. The lowest BCUT2D eigenvalue weighted by atomic mass is 9.91. The predicted octanol–water partition coefficient (Wildman–Crippen LogP) is 4.26. The molecule has 3 aromatic rings. The van der Waals surface area contributed by atoms with Gasteiger partial charge in [0.25, 0.3) is 5.91 Å². The average molecular weight is 478 g/mol. The Morgan fingerprint density at radius 2 is 1.60 bits per heavy atom. The lowest BCUT2D eigenvalue weighted by Crippen LogP contribution is -2.42. The Kier molecular flexibility index (Phi) is 6.27. The van der Waals surface area contributed by atoms with Crippen LogP contribution in [-0.2, 0) is 6.42 Å². The molecule has 3 aromatic carbocycles. The Balaban J connectivity index is 1.48. The standard InChI is InChI=1S/C27H27NO7/c1-30-19-5-7-20(8-6-19)33-15-22-21-14-25(32-3)24(31-2)12-17(21)10-11-28(22)27(29)18-4-9-23-26(13-18)35-16-34-23/h4-9,12-14,22H,10-11,15-16H2,1-3H3/t22-/m1/s1. The van der Waals surface area contributed by atoms with E-state index in [1.54, 1.807) is 39.5 Å². The number of methoxy groups -OCH3 is 3. The summed E-state index contributed by atoms with van der Waals surface area (Å²) in [6, 6.07) is 16.2. The van der Waals surface area contributed by atoms with Crippen molar-refractivity contribution < 1.29 is 33.2 Å². The van der Waals surface area contributed by atoms with Gasteiger partial charge in [-0.25, -0.2) is 0 Å². The summed E-state index contributed by atoms with van der Waals surface area (Å²) >= 11 is 0. The van der Waals surface area contributed by atoms with Crippen LogP contribution in [-0.4, -0.2) is 52.1 Å². The Morgan fingerprint density at radius 3 is 2.34 bits per heavy atom. The molecular weight excluding hydrogens is 450 g/mol. The Hall–Kier alpha value is -4.07. The molecule has 5 rings (SSSR count). The minimum atomic E-state index is -0.335. The Labute approximate surface area is 203 Å². The van der Waals surface area contributed by atoms with Gasteiger partial charge in [-0.1, -0.05) is 0 Å². The van der Waals surface area contributed by atoms with Crippen LogP contribution >= 0.6 is 0 Å². The molecule has 0 aromatic heterocycles. The molecule has 0 spiro atoms. The van der Waals surface area contributed by atoms with Crippen LogP contribution in [0.5, 0.6) is 34.5 Å². The highest BCUT2D eigenvalue weighted by Crippen LogP contribution is 2.40. The van der Waals surface area contributed by atoms with Crippen molar-refractivity contribution in [3.05, 3.63) is 71.3 Å². The molecule has 0 fully saturated rings. The highest BCUT2D eigenvalue weighted by molar-refractivity contribution is 5.95. The van der Waals surface area contributed by atoms with E-state index in [4.69, 9.17) is 28.4 Å². The molecule has 0 bridgehead atoms. The fourth-order valence-electron chi connectivity index (χ4n) is 4.49. The normalized spacial score (nSPS) is 15.9. The van der Waals surface area contributed by atoms with Crippen molar-refractivity contribution >= 4 is 5.91 Å². The van der Waals surface area contributed by atoms with Crippen molar-refractivity contribution in [3.8, 4) is 34.5 Å². The summed E-state index contributed by atoms with van der Waals surface area (Å²) in [5.41, 5.74) is 2.60. The van der Waals surface area contributed by atoms with Crippen LogP contribution in [0.25, 0.3) is 0 Å². The fourth-order valence-corrected chi connectivity index (χ4v) is 4.49. The zero-order chi connectivity index (χ0) is 24.4. The van der Waals surface area contributed by atoms with E-state index >= 15 is 0 Å². The first-order valence-corrected chi connectivity index (χ1v) is 11.3. The molecule has 0 unspecified atom stereocenters. The molecule has 2 aliphatic rings. The van der Waals surface area contributed by atoms with Crippen LogP contribution < -0.4 is 28.4 Å². The third kappa shape index (κ3) is 4.39. The third-order valence-electron chi connectivity index (χ3n) is 6.35. The fraction of sp³-hybridized carbons (Fsp3) is 0.296. The smallest absolute Gasteiger partial charge is 0.254 e. The molecule has 0 N–H and O–H groups in total. The molecule has 1 amide bonds. The lowest BCUT2D eigenvalue weighted by Gasteiger charge is -2.37. The quantitative estimate of drug-likeness (QED) is 0.503. The number of rotatable bonds is 7. The topological polar surface area (TPSA) is 75.7 Å². The molecular formula is C27H27NO7. The number of nitrogens with zero attached hydrogens (tertiary/aromatic N) is 1. The second kappa shape index (κ2) is 9.66. The number of hydrogen-bond acceptors (Lipinski definition) is 7. The van der Waals surface area contributed by atoms with Gasteiger partial charge in [-0.05, 0) is 72.1 Å². The molecule has 1 atom stereocenters. The number of carbonyl (C=O) groups is 1. The van der Waals surface area contributed by atoms with Gasteiger partial charge in [-0.15, -0.1) is 0 Å². The van der Waals surface area contributed by atoms with Crippen molar-refractivity contribution in [2.45, 2.75) is 12.5 Å². The number of carbonyl (C=O) groups excluding carboxylic acids is 1. The first kappa shape index (κ1) is 22.7. The maximum absolute atomic E-state index is 13.7. The predicted molar refractivity (Wildman–Crippen MR) is 128 cm³/mol. The van der Waals surface area contributed by atoms with E-state index in [0.29, 0.717) is 47.3 Å². The van der Waals surface area contributed by atoms with Crippen LogP contribution in [0, 0.1) is 0 Å². The van der Waals surface area contributed by atoms with E-state index in [9.17, 15) is 4.79 Å². The van der Waals surface area contributed by atoms with Gasteiger partial charge in [-0.2, -0.15) is 0 Å². The molecule has 2 aliphatic heterocycles. The van der Waals surface area contributed by atoms with Gasteiger partial charge in [0.2, 0.25) is 6.79 Å². The number of amides is 1. The lowest BCUT2D eigenvalue weighted by molar-refractivity contribution is 0.0589. The van der Waals surface area contributed by atoms with E-state index in [2.05, 4.69) is 0 Å². The summed E-state index contributed by atoms with van der Waals surface area (Å²) in [4.78, 5) is 15.5. The second-order valence-electron chi connectivity index (χ2n) is 8.22. The monoisotopic (exact) mass is 477 g/mol. The van der Waals surface area contributed by atoms with Crippen molar-refractivity contribution in [3.63, 3.8) is 0 Å². The summed E-state index contributed by atoms with van der Waals surface area (Å²) in [6.45, 7) is 0.960. The molecule has 0 saturated carbocycles. The van der Waals surface area contributed by atoms with E-state index in [1.807, 2.05) is 41.3 Å². The van der Waals surface area contributed by atoms with Crippen molar-refractivity contribution in [2.75, 3.05) is 41.3 Å². The van der Waals surface area contributed by atoms with Crippen LogP contribution in [0.15, 0.2) is 54.6 Å². The van der Waals surface area contributed by atoms with Crippen LogP contribution in [0.4, 0.5) is 0 Å². The first-order chi connectivity index (χ1) is 17.1. The minimum Gasteiger partial charge on any atom is -0.497 e. The van der Waals surface area contributed by atoms with Crippen LogP contribution in [0.3, 0.4) is 0 Å². The van der Waals surface area contributed by atoms with Crippen LogP contribution in [0.1, 0.15) is 27.5 Å². The summed E-state index contributed by atoms with van der Waals surface area (Å²) in [7, 11) is 4.84. The van der Waals surface area contributed by atoms with Gasteiger partial charge in [0.15, 0.2) is 23.0 Å². The van der Waals surface area contributed by atoms with Gasteiger partial charge in [-0.3, -0.25) is 4.79 Å². The number of hydrogen-bond donors (Lipinski definition) is 0. The van der Waals surface area contributed by atoms with Gasteiger partial charge in [0, 0.05) is 12.1 Å². The highest BCUT2D eigenvalue weighted by atomic mass is 16.7. The SMILES string of the molecule is COc1ccc(OC[C@@H]2c3cc(OC)c(OC)cc3CCN2C(=O)c2ccc3c(c2)OCO3)cc1. The zero-order valence-corrected chi connectivity index (χ0v) is 19.9. The van der Waals surface area contributed by atoms with E-state index < -0.39 is 0 Å². The Morgan fingerprint density at radius 1 is 0.886 bits per heavy atom. The second-order valence-corrected chi connectivity index (χ2v) is 8.22. The van der Waals surface area contributed by atoms with Gasteiger partial charge in [0.1, 0.15) is 18.1 Å². The van der Waals surface area contributed by atoms with E-state index in [-0.39, 0.29) is 25.3 Å². The largest absolute Gasteiger partial charge is 0.497 e.